The van der Waals surface area contributed by atoms with Gasteiger partial charge in [0.15, 0.2) is 5.65 Å². The lowest BCUT2D eigenvalue weighted by Gasteiger charge is -2.12. The number of likely N-dealkylation sites (N-methyl/N-ethyl adjacent to an activating group) is 1. The zero-order valence-electron chi connectivity index (χ0n) is 15.5. The molecule has 27 heavy (non-hydrogen) atoms. The Morgan fingerprint density at radius 2 is 2.19 bits per heavy atom. The van der Waals surface area contributed by atoms with E-state index in [1.807, 2.05) is 26.2 Å². The van der Waals surface area contributed by atoms with E-state index in [1.165, 1.54) is 9.96 Å². The number of benzene rings is 1. The minimum Gasteiger partial charge on any atom is -0.492 e. The number of ether oxygens (including phenoxy) is 1. The van der Waals surface area contributed by atoms with Gasteiger partial charge in [0.05, 0.1) is 10.7 Å². The molecule has 0 saturated carbocycles. The quantitative estimate of drug-likeness (QED) is 0.550. The number of pyridine rings is 1. The molecule has 0 atom stereocenters. The molecule has 144 valence electrons. The zero-order chi connectivity index (χ0) is 19.2. The molecule has 3 rings (SSSR count). The number of anilines is 1. The molecule has 0 bridgehead atoms. The molecule has 0 unspecified atom stereocenters. The van der Waals surface area contributed by atoms with E-state index < -0.39 is 0 Å². The maximum absolute atomic E-state index is 11.7. The van der Waals surface area contributed by atoms with E-state index in [0.29, 0.717) is 17.3 Å². The topological polar surface area (TPSA) is 74.7 Å². The van der Waals surface area contributed by atoms with Crippen LogP contribution in [0.2, 0.25) is 5.02 Å². The van der Waals surface area contributed by atoms with Crippen molar-refractivity contribution in [2.24, 2.45) is 0 Å². The van der Waals surface area contributed by atoms with Crippen LogP contribution >= 0.6 is 11.6 Å². The van der Waals surface area contributed by atoms with E-state index in [0.717, 1.165) is 37.4 Å². The summed E-state index contributed by atoms with van der Waals surface area (Å²) in [4.78, 5) is 13.8. The van der Waals surface area contributed by atoms with E-state index in [9.17, 15) is 4.79 Å². The normalized spacial score (nSPS) is 11.3. The standard InChI is InChI=1S/C19H24ClN5O2/c1-24(2)9-10-27-16-7-3-5-14(11-16)6-4-8-21-17-12-15(20)13-25-18(17)22-23-19(25)26/h3,5,7,11-13,21H,4,6,8-10H2,1-2H3,(H,23,26). The van der Waals surface area contributed by atoms with Crippen molar-refractivity contribution in [2.45, 2.75) is 12.8 Å². The first-order valence-corrected chi connectivity index (χ1v) is 9.27. The number of fused-ring (bicyclic) bond motifs is 1. The third kappa shape index (κ3) is 5.24. The summed E-state index contributed by atoms with van der Waals surface area (Å²) < 4.78 is 7.18. The molecular formula is C19H24ClN5O2. The summed E-state index contributed by atoms with van der Waals surface area (Å²) in [6.07, 6.45) is 3.40. The largest absolute Gasteiger partial charge is 0.492 e. The minimum atomic E-state index is -0.304. The average Bonchev–Trinajstić information content (AvgIpc) is 3.00. The number of H-pyrrole nitrogens is 1. The Morgan fingerprint density at radius 3 is 3.00 bits per heavy atom. The molecular weight excluding hydrogens is 366 g/mol. The summed E-state index contributed by atoms with van der Waals surface area (Å²) in [6.45, 7) is 2.30. The second kappa shape index (κ2) is 8.92. The Kier molecular flexibility index (Phi) is 6.36. The number of halogens is 1. The van der Waals surface area contributed by atoms with E-state index in [-0.39, 0.29) is 5.69 Å². The van der Waals surface area contributed by atoms with Gasteiger partial charge in [0, 0.05) is 19.3 Å². The molecule has 0 amide bonds. The highest BCUT2D eigenvalue weighted by Gasteiger charge is 2.07. The third-order valence-corrected chi connectivity index (χ3v) is 4.35. The Bertz CT molecular complexity index is 951. The Balaban J connectivity index is 1.53. The maximum Gasteiger partial charge on any atom is 0.347 e. The van der Waals surface area contributed by atoms with Gasteiger partial charge in [0.25, 0.3) is 0 Å². The second-order valence-electron chi connectivity index (χ2n) is 6.62. The monoisotopic (exact) mass is 389 g/mol. The molecule has 1 aromatic carbocycles. The van der Waals surface area contributed by atoms with Crippen molar-refractivity contribution in [2.75, 3.05) is 39.1 Å². The zero-order valence-corrected chi connectivity index (χ0v) is 16.3. The molecule has 0 aliphatic rings. The van der Waals surface area contributed by atoms with Crippen molar-refractivity contribution in [3.63, 3.8) is 0 Å². The molecule has 7 nitrogen and oxygen atoms in total. The lowest BCUT2D eigenvalue weighted by molar-refractivity contribution is 0.261. The van der Waals surface area contributed by atoms with Gasteiger partial charge in [0.1, 0.15) is 12.4 Å². The Morgan fingerprint density at radius 1 is 1.33 bits per heavy atom. The van der Waals surface area contributed by atoms with Crippen LogP contribution in [0, 0.1) is 0 Å². The van der Waals surface area contributed by atoms with E-state index >= 15 is 0 Å². The van der Waals surface area contributed by atoms with Crippen molar-refractivity contribution < 1.29 is 4.74 Å². The number of hydrogen-bond acceptors (Lipinski definition) is 5. The van der Waals surface area contributed by atoms with Gasteiger partial charge >= 0.3 is 5.69 Å². The van der Waals surface area contributed by atoms with Gasteiger partial charge in [-0.05, 0) is 50.7 Å². The molecule has 2 N–H and O–H groups in total. The van der Waals surface area contributed by atoms with Crippen molar-refractivity contribution in [3.8, 4) is 5.75 Å². The number of rotatable bonds is 9. The summed E-state index contributed by atoms with van der Waals surface area (Å²) in [7, 11) is 4.06. The number of hydrogen-bond donors (Lipinski definition) is 2. The summed E-state index contributed by atoms with van der Waals surface area (Å²) >= 11 is 6.08. The van der Waals surface area contributed by atoms with Crippen LogP contribution in [-0.2, 0) is 6.42 Å². The molecule has 0 aliphatic heterocycles. The highest BCUT2D eigenvalue weighted by Crippen LogP contribution is 2.19. The van der Waals surface area contributed by atoms with E-state index in [2.05, 4.69) is 32.5 Å². The smallest absolute Gasteiger partial charge is 0.347 e. The summed E-state index contributed by atoms with van der Waals surface area (Å²) in [6, 6.07) is 9.96. The third-order valence-electron chi connectivity index (χ3n) is 4.14. The van der Waals surface area contributed by atoms with Gasteiger partial charge in [-0.3, -0.25) is 0 Å². The van der Waals surface area contributed by atoms with E-state index in [4.69, 9.17) is 16.3 Å². The Labute approximate surface area is 162 Å². The highest BCUT2D eigenvalue weighted by molar-refractivity contribution is 6.30. The van der Waals surface area contributed by atoms with Crippen LogP contribution in [0.5, 0.6) is 5.75 Å². The lowest BCUT2D eigenvalue weighted by atomic mass is 10.1. The number of nitrogens with one attached hydrogen (secondary N) is 2. The fraction of sp³-hybridized carbons (Fsp3) is 0.368. The summed E-state index contributed by atoms with van der Waals surface area (Å²) in [5.41, 5.74) is 2.20. The molecule has 2 heterocycles. The van der Waals surface area contributed by atoms with Crippen molar-refractivity contribution in [1.82, 2.24) is 19.5 Å². The number of nitrogens with zero attached hydrogens (tertiary/aromatic N) is 3. The number of aromatic amines is 1. The van der Waals surface area contributed by atoms with Crippen LogP contribution in [0.25, 0.3) is 5.65 Å². The van der Waals surface area contributed by atoms with E-state index in [1.54, 1.807) is 12.3 Å². The van der Waals surface area contributed by atoms with Crippen LogP contribution in [0.3, 0.4) is 0 Å². The first-order chi connectivity index (χ1) is 13.0. The Hall–Kier alpha value is -2.51. The number of aryl methyl sites for hydroxylation is 1. The minimum absolute atomic E-state index is 0.304. The van der Waals surface area contributed by atoms with Crippen LogP contribution < -0.4 is 15.7 Å². The van der Waals surface area contributed by atoms with Gasteiger partial charge in [0.2, 0.25) is 0 Å². The van der Waals surface area contributed by atoms with Crippen molar-refractivity contribution >= 4 is 22.9 Å². The first kappa shape index (κ1) is 19.3. The molecule has 0 spiro atoms. The van der Waals surface area contributed by atoms with Gasteiger partial charge in [-0.15, -0.1) is 0 Å². The fourth-order valence-electron chi connectivity index (χ4n) is 2.76. The van der Waals surface area contributed by atoms with Crippen LogP contribution in [0.4, 0.5) is 5.69 Å². The number of aromatic nitrogens is 3. The average molecular weight is 390 g/mol. The molecule has 0 aliphatic carbocycles. The van der Waals surface area contributed by atoms with Gasteiger partial charge in [-0.2, -0.15) is 5.10 Å². The predicted octanol–water partition coefficient (Wildman–Crippen LogP) is 2.66. The molecule has 8 heteroatoms. The first-order valence-electron chi connectivity index (χ1n) is 8.89. The van der Waals surface area contributed by atoms with Gasteiger partial charge in [-0.1, -0.05) is 23.7 Å². The predicted molar refractivity (Wildman–Crippen MR) is 108 cm³/mol. The van der Waals surface area contributed by atoms with Gasteiger partial charge < -0.3 is 15.0 Å². The van der Waals surface area contributed by atoms with Crippen molar-refractivity contribution in [3.05, 3.63) is 57.6 Å². The van der Waals surface area contributed by atoms with Crippen molar-refractivity contribution in [1.29, 1.82) is 0 Å². The summed E-state index contributed by atoms with van der Waals surface area (Å²) in [5, 5.41) is 10.3. The lowest BCUT2D eigenvalue weighted by Crippen LogP contribution is -2.19. The molecule has 3 aromatic rings. The molecule has 0 radical (unpaired) electrons. The van der Waals surface area contributed by atoms with Crippen LogP contribution in [-0.4, -0.2) is 53.3 Å². The maximum atomic E-state index is 11.7. The fourth-order valence-corrected chi connectivity index (χ4v) is 2.97. The second-order valence-corrected chi connectivity index (χ2v) is 7.06. The van der Waals surface area contributed by atoms with Gasteiger partial charge in [-0.25, -0.2) is 14.3 Å². The summed E-state index contributed by atoms with van der Waals surface area (Å²) in [5.74, 6) is 0.898. The highest BCUT2D eigenvalue weighted by atomic mass is 35.5. The molecule has 0 saturated heterocycles. The van der Waals surface area contributed by atoms with Crippen LogP contribution in [0.15, 0.2) is 41.3 Å². The molecule has 2 aromatic heterocycles. The van der Waals surface area contributed by atoms with Crippen LogP contribution in [0.1, 0.15) is 12.0 Å². The SMILES string of the molecule is CN(C)CCOc1cccc(CCCNc2cc(Cl)cn3c(=O)[nH]nc23)c1. The molecule has 0 fully saturated rings.